The Labute approximate surface area is 125 Å². The molecule has 3 heteroatoms. The Kier molecular flexibility index (Phi) is 5.50. The lowest BCUT2D eigenvalue weighted by Crippen LogP contribution is -2.45. The first-order valence-corrected chi connectivity index (χ1v) is 10.6. The average Bonchev–Trinajstić information content (AvgIpc) is 2.29. The van der Waals surface area contributed by atoms with E-state index in [9.17, 15) is 0 Å². The Hall–Kier alpha value is -0.0531. The van der Waals surface area contributed by atoms with E-state index in [-0.39, 0.29) is 11.1 Å². The van der Waals surface area contributed by atoms with Crippen LogP contribution in [-0.2, 0) is 4.43 Å². The molecule has 110 valence electrons. The molecule has 0 amide bonds. The lowest BCUT2D eigenvalue weighted by atomic mass is 9.84. The number of hydrogen-bond acceptors (Lipinski definition) is 1. The summed E-state index contributed by atoms with van der Waals surface area (Å²) >= 11 is 5.92. The third-order valence-electron chi connectivity index (χ3n) is 4.72. The average molecular weight is 301 g/mol. The first kappa shape index (κ1) is 17.0. The van der Waals surface area contributed by atoms with Gasteiger partial charge in [-0.25, -0.2) is 0 Å². The summed E-state index contributed by atoms with van der Waals surface area (Å²) in [6.45, 7) is 17.8. The lowest BCUT2D eigenvalue weighted by Gasteiger charge is -2.41. The van der Waals surface area contributed by atoms with Crippen molar-refractivity contribution in [2.45, 2.75) is 64.8 Å². The van der Waals surface area contributed by atoms with Gasteiger partial charge < -0.3 is 4.43 Å². The molecular formula is C16H29ClOSi. The third kappa shape index (κ3) is 4.20. The summed E-state index contributed by atoms with van der Waals surface area (Å²) in [6.07, 6.45) is 4.67. The Morgan fingerprint density at radius 1 is 1.47 bits per heavy atom. The van der Waals surface area contributed by atoms with E-state index >= 15 is 0 Å². The number of allylic oxidation sites excluding steroid dienone is 2. The Morgan fingerprint density at radius 2 is 2.05 bits per heavy atom. The van der Waals surface area contributed by atoms with E-state index in [1.54, 1.807) is 0 Å². The van der Waals surface area contributed by atoms with Crippen molar-refractivity contribution in [2.75, 3.05) is 5.88 Å². The molecule has 0 N–H and O–H groups in total. The molecule has 0 aromatic carbocycles. The molecule has 1 aliphatic rings. The van der Waals surface area contributed by atoms with Gasteiger partial charge in [0.05, 0.1) is 6.10 Å². The topological polar surface area (TPSA) is 9.23 Å². The maximum atomic E-state index is 6.57. The van der Waals surface area contributed by atoms with E-state index in [4.69, 9.17) is 16.0 Å². The van der Waals surface area contributed by atoms with Gasteiger partial charge in [0, 0.05) is 5.88 Å². The molecule has 2 atom stereocenters. The van der Waals surface area contributed by atoms with Crippen LogP contribution in [0.25, 0.3) is 0 Å². The molecular weight excluding hydrogens is 272 g/mol. The quantitative estimate of drug-likeness (QED) is 0.377. The number of halogens is 1. The standard InChI is InChI=1S/C16H29ClOSi/c1-12-8-9-14(13(2)11-17)10-15(12)18-19(6,7)16(3,4)5/h8,14-15H,2,9-11H2,1,3-7H3/t14-,15-/m1/s1. The van der Waals surface area contributed by atoms with Crippen molar-refractivity contribution >= 4 is 19.9 Å². The summed E-state index contributed by atoms with van der Waals surface area (Å²) in [7, 11) is -1.71. The van der Waals surface area contributed by atoms with Crippen molar-refractivity contribution in [1.82, 2.24) is 0 Å². The number of rotatable bonds is 4. The zero-order chi connectivity index (χ0) is 14.8. The second kappa shape index (κ2) is 6.15. The zero-order valence-corrected chi connectivity index (χ0v) is 15.1. The highest BCUT2D eigenvalue weighted by atomic mass is 35.5. The first-order valence-electron chi connectivity index (χ1n) is 7.16. The SMILES string of the molecule is C=C(CCl)[C@@H]1CC=C(C)[C@H](O[Si](C)(C)C(C)(C)C)C1. The predicted octanol–water partition coefficient (Wildman–Crippen LogP) is 5.53. The molecule has 0 radical (unpaired) electrons. The maximum absolute atomic E-state index is 6.57. The molecule has 0 unspecified atom stereocenters. The van der Waals surface area contributed by atoms with Crippen molar-refractivity contribution in [1.29, 1.82) is 0 Å². The minimum Gasteiger partial charge on any atom is -0.410 e. The van der Waals surface area contributed by atoms with Crippen molar-refractivity contribution in [3.63, 3.8) is 0 Å². The minimum atomic E-state index is -1.71. The van der Waals surface area contributed by atoms with Crippen molar-refractivity contribution in [3.05, 3.63) is 23.8 Å². The molecule has 19 heavy (non-hydrogen) atoms. The summed E-state index contributed by atoms with van der Waals surface area (Å²) in [5.74, 6) is 1.04. The second-order valence-corrected chi connectivity index (χ2v) is 12.3. The smallest absolute Gasteiger partial charge is 0.192 e. The van der Waals surface area contributed by atoms with Crippen LogP contribution >= 0.6 is 11.6 Å². The largest absolute Gasteiger partial charge is 0.410 e. The maximum Gasteiger partial charge on any atom is 0.192 e. The normalized spacial score (nSPS) is 25.1. The molecule has 0 aromatic rings. The van der Waals surface area contributed by atoms with Crippen LogP contribution in [-0.4, -0.2) is 20.3 Å². The van der Waals surface area contributed by atoms with Gasteiger partial charge in [0.2, 0.25) is 0 Å². The van der Waals surface area contributed by atoms with Crippen molar-refractivity contribution in [3.8, 4) is 0 Å². The second-order valence-electron chi connectivity index (χ2n) is 7.28. The van der Waals surface area contributed by atoms with Gasteiger partial charge in [-0.05, 0) is 49.4 Å². The van der Waals surface area contributed by atoms with E-state index < -0.39 is 8.32 Å². The molecule has 0 spiro atoms. The highest BCUT2D eigenvalue weighted by Gasteiger charge is 2.40. The van der Waals surface area contributed by atoms with Gasteiger partial charge in [-0.3, -0.25) is 0 Å². The van der Waals surface area contributed by atoms with Gasteiger partial charge in [-0.15, -0.1) is 11.6 Å². The van der Waals surface area contributed by atoms with Gasteiger partial charge >= 0.3 is 0 Å². The monoisotopic (exact) mass is 300 g/mol. The summed E-state index contributed by atoms with van der Waals surface area (Å²) in [5, 5.41) is 0.254. The summed E-state index contributed by atoms with van der Waals surface area (Å²) in [5.41, 5.74) is 2.53. The molecule has 0 aliphatic heterocycles. The number of alkyl halides is 1. The summed E-state index contributed by atoms with van der Waals surface area (Å²) < 4.78 is 6.57. The van der Waals surface area contributed by atoms with Gasteiger partial charge in [0.25, 0.3) is 0 Å². The van der Waals surface area contributed by atoms with E-state index in [0.29, 0.717) is 11.8 Å². The van der Waals surface area contributed by atoms with Crippen LogP contribution in [0, 0.1) is 5.92 Å². The fraction of sp³-hybridized carbons (Fsp3) is 0.750. The van der Waals surface area contributed by atoms with Gasteiger partial charge in [-0.2, -0.15) is 0 Å². The molecule has 0 fully saturated rings. The lowest BCUT2D eigenvalue weighted by molar-refractivity contribution is 0.180. The molecule has 1 aliphatic carbocycles. The van der Waals surface area contributed by atoms with Gasteiger partial charge in [0.15, 0.2) is 8.32 Å². The van der Waals surface area contributed by atoms with E-state index in [0.717, 1.165) is 18.4 Å². The molecule has 0 heterocycles. The fourth-order valence-corrected chi connectivity index (χ4v) is 3.68. The zero-order valence-electron chi connectivity index (χ0n) is 13.3. The van der Waals surface area contributed by atoms with E-state index in [1.165, 1.54) is 5.57 Å². The van der Waals surface area contributed by atoms with E-state index in [2.05, 4.69) is 53.4 Å². The summed E-state index contributed by atoms with van der Waals surface area (Å²) in [6, 6.07) is 0. The van der Waals surface area contributed by atoms with Crippen LogP contribution in [0.2, 0.25) is 18.1 Å². The van der Waals surface area contributed by atoms with Crippen LogP contribution in [0.3, 0.4) is 0 Å². The summed E-state index contributed by atoms with van der Waals surface area (Å²) in [4.78, 5) is 0. The van der Waals surface area contributed by atoms with Crippen LogP contribution < -0.4 is 0 Å². The van der Waals surface area contributed by atoms with Crippen LogP contribution in [0.5, 0.6) is 0 Å². The Bertz CT molecular complexity index is 365. The predicted molar refractivity (Wildman–Crippen MR) is 88.4 cm³/mol. The molecule has 0 saturated carbocycles. The van der Waals surface area contributed by atoms with Crippen LogP contribution in [0.15, 0.2) is 23.8 Å². The molecule has 0 aromatic heterocycles. The first-order chi connectivity index (χ1) is 8.58. The third-order valence-corrected chi connectivity index (χ3v) is 9.55. The molecule has 1 nitrogen and oxygen atoms in total. The van der Waals surface area contributed by atoms with Gasteiger partial charge in [-0.1, -0.05) is 39.0 Å². The Balaban J connectivity index is 2.80. The van der Waals surface area contributed by atoms with E-state index in [1.807, 2.05) is 0 Å². The minimum absolute atomic E-state index is 0.250. The fourth-order valence-electron chi connectivity index (χ4n) is 2.12. The molecule has 0 saturated heterocycles. The van der Waals surface area contributed by atoms with Gasteiger partial charge in [0.1, 0.15) is 0 Å². The Morgan fingerprint density at radius 3 is 2.53 bits per heavy atom. The highest BCUT2D eigenvalue weighted by molar-refractivity contribution is 6.74. The van der Waals surface area contributed by atoms with Crippen LogP contribution in [0.4, 0.5) is 0 Å². The molecule has 0 bridgehead atoms. The highest BCUT2D eigenvalue weighted by Crippen LogP contribution is 2.40. The van der Waals surface area contributed by atoms with Crippen molar-refractivity contribution in [2.24, 2.45) is 5.92 Å². The molecule has 1 rings (SSSR count). The number of hydrogen-bond donors (Lipinski definition) is 0. The van der Waals surface area contributed by atoms with Crippen LogP contribution in [0.1, 0.15) is 40.5 Å². The van der Waals surface area contributed by atoms with Crippen molar-refractivity contribution < 1.29 is 4.43 Å².